The highest BCUT2D eigenvalue weighted by Crippen LogP contribution is 2.49. The number of hydrogen-bond donors (Lipinski definition) is 4. The van der Waals surface area contributed by atoms with Gasteiger partial charge in [0.25, 0.3) is 5.91 Å². The third-order valence-electron chi connectivity index (χ3n) is 12.3. The van der Waals surface area contributed by atoms with Crippen molar-refractivity contribution in [1.29, 1.82) is 0 Å². The fourth-order valence-corrected chi connectivity index (χ4v) is 9.84. The molecule has 1 aromatic carbocycles. The van der Waals surface area contributed by atoms with Crippen molar-refractivity contribution in [2.24, 2.45) is 5.92 Å². The summed E-state index contributed by atoms with van der Waals surface area (Å²) in [6.07, 6.45) is 10.2. The zero-order chi connectivity index (χ0) is 36.6. The summed E-state index contributed by atoms with van der Waals surface area (Å²) in [6.45, 7) is 3.53. The molecule has 4 N–H and O–H groups in total. The zero-order valence-electron chi connectivity index (χ0n) is 29.7. The van der Waals surface area contributed by atoms with Crippen LogP contribution in [0.25, 0.3) is 10.9 Å². The van der Waals surface area contributed by atoms with Crippen molar-refractivity contribution in [3.63, 3.8) is 0 Å². The Kier molecular flexibility index (Phi) is 8.35. The Morgan fingerprint density at radius 1 is 1.08 bits per heavy atom. The van der Waals surface area contributed by atoms with Crippen molar-refractivity contribution in [3.8, 4) is 5.75 Å². The van der Waals surface area contributed by atoms with Gasteiger partial charge in [0.2, 0.25) is 21.8 Å². The molecule has 14 heteroatoms. The fourth-order valence-electron chi connectivity index (χ4n) is 8.53. The van der Waals surface area contributed by atoms with Crippen LogP contribution in [-0.2, 0) is 30.8 Å². The van der Waals surface area contributed by atoms with Crippen LogP contribution >= 0.6 is 0 Å². The van der Waals surface area contributed by atoms with Gasteiger partial charge in [0.1, 0.15) is 29.0 Å². The maximum Gasteiger partial charge on any atom is 0.405 e. The number of pyridine rings is 1. The second kappa shape index (κ2) is 12.4. The van der Waals surface area contributed by atoms with Crippen molar-refractivity contribution in [2.45, 2.75) is 131 Å². The number of carbonyl (C=O) groups excluding carboxylic acids is 3. The molecule has 0 radical (unpaired) electrons. The largest absolute Gasteiger partial charge is 0.483 e. The van der Waals surface area contributed by atoms with E-state index in [1.165, 1.54) is 23.3 Å². The average molecular weight is 734 g/mol. The number of nitrogens with zero attached hydrogens (tertiary/aromatic N) is 2. The van der Waals surface area contributed by atoms with E-state index in [1.807, 2.05) is 19.1 Å². The summed E-state index contributed by atoms with van der Waals surface area (Å²) < 4.78 is 34.4. The highest BCUT2D eigenvalue weighted by Gasteiger charge is 2.64. The second-order valence-corrected chi connectivity index (χ2v) is 18.4. The first kappa shape index (κ1) is 34.9. The van der Waals surface area contributed by atoms with E-state index in [2.05, 4.69) is 33.6 Å². The predicted octanol–water partition coefficient (Wildman–Crippen LogP) is 4.12. The number of amides is 4. The van der Waals surface area contributed by atoms with E-state index in [4.69, 9.17) is 9.72 Å². The van der Waals surface area contributed by atoms with Gasteiger partial charge in [0, 0.05) is 23.3 Å². The van der Waals surface area contributed by atoms with Crippen LogP contribution in [0.5, 0.6) is 5.75 Å². The SMILES string of the molecule is Cc1nc2ccc(C3CC3)cc2c2c1O[C@]1(CC2)C[C@H]2C(=O)N[C@]3(C(=O)NS(=O)(=O)C4(C)CC4)C[C@H]3/C=C\CCCCC[C@H](NC(=O)O)C(=O)N2C1. The number of ether oxygens (including phenoxy) is 1. The van der Waals surface area contributed by atoms with E-state index >= 15 is 0 Å². The first-order valence-electron chi connectivity index (χ1n) is 18.7. The quantitative estimate of drug-likeness (QED) is 0.329. The maximum absolute atomic E-state index is 14.5. The van der Waals surface area contributed by atoms with Crippen LogP contribution in [0.15, 0.2) is 30.4 Å². The van der Waals surface area contributed by atoms with Crippen LogP contribution in [0.4, 0.5) is 4.79 Å². The molecule has 1 aromatic heterocycles. The van der Waals surface area contributed by atoms with Crippen LogP contribution in [0.2, 0.25) is 0 Å². The minimum absolute atomic E-state index is 0.0377. The number of allylic oxidation sites excluding steroid dienone is 1. The number of carboxylic acid groups (broad SMARTS) is 1. The molecule has 3 aliphatic heterocycles. The molecule has 0 unspecified atom stereocenters. The molecule has 5 atom stereocenters. The summed E-state index contributed by atoms with van der Waals surface area (Å²) in [7, 11) is -3.98. The lowest BCUT2D eigenvalue weighted by Crippen LogP contribution is -2.58. The number of nitrogens with one attached hydrogen (secondary N) is 3. The minimum atomic E-state index is -3.98. The van der Waals surface area contributed by atoms with Crippen molar-refractivity contribution in [3.05, 3.63) is 47.2 Å². The fraction of sp³-hybridized carbons (Fsp3) is 0.605. The molecular formula is C38H47N5O8S. The summed E-state index contributed by atoms with van der Waals surface area (Å²) in [5, 5.41) is 16.1. The van der Waals surface area contributed by atoms with Crippen LogP contribution in [-0.4, -0.2) is 81.7 Å². The van der Waals surface area contributed by atoms with Crippen LogP contribution in [0, 0.1) is 12.8 Å². The molecule has 2 aromatic rings. The number of fused-ring (bicyclic) bond motifs is 5. The first-order chi connectivity index (χ1) is 24.7. The highest BCUT2D eigenvalue weighted by molar-refractivity contribution is 7.91. The predicted molar refractivity (Wildman–Crippen MR) is 191 cm³/mol. The standard InChI is InChI=1S/C38H47N5O8S/c1-22-31-26(27-18-24(23-10-11-23)12-13-28(27)39-22)14-15-37(51-31)20-30-32(44)41-38(34(46)42-52(49,50)36(2)16-17-36)19-25(38)8-6-4-3-5-7-9-29(40-35(47)48)33(45)43(30)21-37/h6,8,12-13,18,23,25,29-30,40H,3-5,7,9-11,14-17,19-21H2,1-2H3,(H,41,44)(H,42,46)(H,47,48)/b8-6-/t25-,29+,30+,37-,38-/m1/s1. The lowest BCUT2D eigenvalue weighted by Gasteiger charge is -2.36. The molecule has 1 spiro atoms. The van der Waals surface area contributed by atoms with Crippen molar-refractivity contribution in [2.75, 3.05) is 6.54 Å². The Hall–Kier alpha value is -4.20. The van der Waals surface area contributed by atoms with E-state index in [1.54, 1.807) is 6.92 Å². The molecule has 13 nitrogen and oxygen atoms in total. The van der Waals surface area contributed by atoms with E-state index in [0.29, 0.717) is 55.9 Å². The average Bonchev–Trinajstić information content (AvgIpc) is 4.03. The van der Waals surface area contributed by atoms with Gasteiger partial charge in [-0.2, -0.15) is 0 Å². The number of sulfonamides is 1. The summed E-state index contributed by atoms with van der Waals surface area (Å²) in [4.78, 5) is 60.9. The molecule has 1 saturated heterocycles. The number of rotatable bonds is 5. The van der Waals surface area contributed by atoms with Crippen molar-refractivity contribution >= 4 is 44.7 Å². The van der Waals surface area contributed by atoms with Crippen LogP contribution < -0.4 is 20.1 Å². The Balaban J connectivity index is 1.13. The molecule has 6 aliphatic rings. The summed E-state index contributed by atoms with van der Waals surface area (Å²) in [6, 6.07) is 4.25. The molecule has 4 amide bonds. The number of benzene rings is 1. The topological polar surface area (TPSA) is 184 Å². The summed E-state index contributed by atoms with van der Waals surface area (Å²) in [5.41, 5.74) is 1.46. The van der Waals surface area contributed by atoms with E-state index in [0.717, 1.165) is 29.3 Å². The Bertz CT molecular complexity index is 2010. The third-order valence-corrected chi connectivity index (χ3v) is 14.5. The molecule has 0 bridgehead atoms. The normalized spacial score (nSPS) is 31.9. The Labute approximate surface area is 303 Å². The second-order valence-electron chi connectivity index (χ2n) is 16.3. The number of carbonyl (C=O) groups is 4. The van der Waals surface area contributed by atoms with Crippen molar-refractivity contribution < 1.29 is 37.4 Å². The minimum Gasteiger partial charge on any atom is -0.483 e. The van der Waals surface area contributed by atoms with Crippen LogP contribution in [0.1, 0.15) is 107 Å². The monoisotopic (exact) mass is 733 g/mol. The van der Waals surface area contributed by atoms with E-state index < -0.39 is 67.7 Å². The molecule has 3 saturated carbocycles. The third kappa shape index (κ3) is 6.20. The Morgan fingerprint density at radius 3 is 2.60 bits per heavy atom. The van der Waals surface area contributed by atoms with Gasteiger partial charge < -0.3 is 25.4 Å². The maximum atomic E-state index is 14.5. The molecular weight excluding hydrogens is 687 g/mol. The van der Waals surface area contributed by atoms with Gasteiger partial charge in [-0.3, -0.25) is 19.1 Å². The molecule has 8 rings (SSSR count). The lowest BCUT2D eigenvalue weighted by molar-refractivity contribution is -0.141. The number of aryl methyl sites for hydroxylation is 2. The Morgan fingerprint density at radius 2 is 1.87 bits per heavy atom. The van der Waals surface area contributed by atoms with Crippen molar-refractivity contribution in [1.82, 2.24) is 25.2 Å². The van der Waals surface area contributed by atoms with Gasteiger partial charge in [-0.15, -0.1) is 0 Å². The van der Waals surface area contributed by atoms with Gasteiger partial charge in [-0.05, 0) is 102 Å². The van der Waals surface area contributed by atoms with E-state index in [9.17, 15) is 32.7 Å². The molecule has 4 heterocycles. The number of aromatic nitrogens is 1. The van der Waals surface area contributed by atoms with Gasteiger partial charge in [-0.25, -0.2) is 18.2 Å². The highest BCUT2D eigenvalue weighted by atomic mass is 32.2. The summed E-state index contributed by atoms with van der Waals surface area (Å²) in [5.74, 6) is -1.14. The van der Waals surface area contributed by atoms with Gasteiger partial charge in [0.15, 0.2) is 0 Å². The molecule has 278 valence electrons. The molecule has 4 fully saturated rings. The zero-order valence-corrected chi connectivity index (χ0v) is 30.5. The molecule has 3 aliphatic carbocycles. The smallest absolute Gasteiger partial charge is 0.405 e. The van der Waals surface area contributed by atoms with Gasteiger partial charge in [0.05, 0.1) is 22.5 Å². The lowest BCUT2D eigenvalue weighted by atomic mass is 9.86. The summed E-state index contributed by atoms with van der Waals surface area (Å²) >= 11 is 0. The molecule has 52 heavy (non-hydrogen) atoms. The van der Waals surface area contributed by atoms with E-state index in [-0.39, 0.29) is 25.8 Å². The van der Waals surface area contributed by atoms with Gasteiger partial charge in [-0.1, -0.05) is 31.1 Å². The first-order valence-corrected chi connectivity index (χ1v) is 20.2. The number of hydrogen-bond acceptors (Lipinski definition) is 8. The van der Waals surface area contributed by atoms with Crippen LogP contribution in [0.3, 0.4) is 0 Å². The van der Waals surface area contributed by atoms with Gasteiger partial charge >= 0.3 is 6.09 Å².